The molecule has 194 valence electrons. The maximum Gasteiger partial charge on any atom is 0.262 e. The minimum absolute atomic E-state index is 0.171. The number of hydrogen-bond acceptors (Lipinski definition) is 5. The van der Waals surface area contributed by atoms with Crippen LogP contribution in [0.3, 0.4) is 0 Å². The lowest BCUT2D eigenvalue weighted by molar-refractivity contribution is -0.123. The Hall–Kier alpha value is -3.07. The Labute approximate surface area is 234 Å². The van der Waals surface area contributed by atoms with Crippen LogP contribution in [-0.2, 0) is 11.4 Å². The number of hydrazone groups is 1. The van der Waals surface area contributed by atoms with Gasteiger partial charge in [0.15, 0.2) is 11.5 Å². The van der Waals surface area contributed by atoms with Gasteiger partial charge in [0.2, 0.25) is 0 Å². The van der Waals surface area contributed by atoms with Crippen molar-refractivity contribution in [2.45, 2.75) is 26.5 Å². The molecule has 0 bridgehead atoms. The molecule has 3 rings (SSSR count). The summed E-state index contributed by atoms with van der Waals surface area (Å²) < 4.78 is 12.1. The molecule has 0 aromatic heterocycles. The summed E-state index contributed by atoms with van der Waals surface area (Å²) in [6, 6.07) is 16.6. The zero-order valence-corrected chi connectivity index (χ0v) is 23.5. The van der Waals surface area contributed by atoms with Crippen LogP contribution in [0.2, 0.25) is 10.0 Å². The molecule has 3 aromatic rings. The molecular weight excluding hydrogens is 581 g/mol. The highest BCUT2D eigenvalue weighted by Crippen LogP contribution is 2.37. The predicted octanol–water partition coefficient (Wildman–Crippen LogP) is 6.25. The summed E-state index contributed by atoms with van der Waals surface area (Å²) in [5.74, 6) is -0.0112. The van der Waals surface area contributed by atoms with Crippen molar-refractivity contribution in [3.8, 4) is 11.5 Å². The number of methoxy groups -OCH3 is 1. The topological polar surface area (TPSA) is 89.0 Å². The normalized spacial score (nSPS) is 11.9. The van der Waals surface area contributed by atoms with E-state index in [4.69, 9.17) is 32.7 Å². The Balaban J connectivity index is 1.66. The van der Waals surface area contributed by atoms with Crippen molar-refractivity contribution in [3.05, 3.63) is 91.9 Å². The van der Waals surface area contributed by atoms with Crippen LogP contribution in [0, 0.1) is 5.92 Å². The van der Waals surface area contributed by atoms with Crippen molar-refractivity contribution in [2.75, 3.05) is 7.11 Å². The number of carbonyl (C=O) groups excluding carboxylic acids is 2. The van der Waals surface area contributed by atoms with E-state index in [1.807, 2.05) is 32.0 Å². The minimum Gasteiger partial charge on any atom is -0.493 e. The van der Waals surface area contributed by atoms with Gasteiger partial charge in [-0.1, -0.05) is 55.2 Å². The van der Waals surface area contributed by atoms with Gasteiger partial charge >= 0.3 is 0 Å². The van der Waals surface area contributed by atoms with Crippen LogP contribution in [-0.4, -0.2) is 31.2 Å². The smallest absolute Gasteiger partial charge is 0.262 e. The monoisotopic (exact) mass is 605 g/mol. The van der Waals surface area contributed by atoms with Crippen molar-refractivity contribution in [1.29, 1.82) is 0 Å². The highest BCUT2D eigenvalue weighted by Gasteiger charge is 2.24. The summed E-state index contributed by atoms with van der Waals surface area (Å²) in [4.78, 5) is 25.3. The van der Waals surface area contributed by atoms with Gasteiger partial charge in [-0.05, 0) is 69.9 Å². The molecule has 1 atom stereocenters. The van der Waals surface area contributed by atoms with Crippen LogP contribution in [0.4, 0.5) is 0 Å². The van der Waals surface area contributed by atoms with Gasteiger partial charge < -0.3 is 14.8 Å². The molecule has 0 fully saturated rings. The first-order valence-electron chi connectivity index (χ1n) is 11.3. The Morgan fingerprint density at radius 2 is 1.78 bits per heavy atom. The second-order valence-corrected chi connectivity index (χ2v) is 10.0. The number of carbonyl (C=O) groups is 2. The molecule has 10 heteroatoms. The zero-order chi connectivity index (χ0) is 26.9. The predicted molar refractivity (Wildman–Crippen MR) is 150 cm³/mol. The van der Waals surface area contributed by atoms with Crippen molar-refractivity contribution < 1.29 is 19.1 Å². The van der Waals surface area contributed by atoms with E-state index < -0.39 is 11.9 Å². The molecule has 2 amide bonds. The standard InChI is InChI=1S/C27H26BrCl2N3O4/c1-16(2)24(32-26(34)18-8-10-20(29)11-9-18)27(35)33-31-14-17-12-21(28)25(23(13-17)36-3)37-15-19-6-4-5-7-22(19)30/h4-14,16,24H,15H2,1-3H3,(H,32,34)(H,33,35)/b31-14+. The average Bonchev–Trinajstić information content (AvgIpc) is 2.87. The first kappa shape index (κ1) is 28.5. The molecule has 0 heterocycles. The van der Waals surface area contributed by atoms with Gasteiger partial charge in [0.25, 0.3) is 11.8 Å². The molecule has 0 radical (unpaired) electrons. The summed E-state index contributed by atoms with van der Waals surface area (Å²) in [6.45, 7) is 3.93. The van der Waals surface area contributed by atoms with E-state index in [9.17, 15) is 9.59 Å². The summed E-state index contributed by atoms with van der Waals surface area (Å²) in [5, 5.41) is 7.94. The Bertz CT molecular complexity index is 1280. The SMILES string of the molecule is COc1cc(/C=N/NC(=O)C(NC(=O)c2ccc(Cl)cc2)C(C)C)cc(Br)c1OCc1ccccc1Cl. The third kappa shape index (κ3) is 7.95. The Morgan fingerprint density at radius 1 is 1.08 bits per heavy atom. The van der Waals surface area contributed by atoms with Crippen LogP contribution < -0.4 is 20.2 Å². The summed E-state index contributed by atoms with van der Waals surface area (Å²) in [7, 11) is 1.53. The van der Waals surface area contributed by atoms with Crippen LogP contribution in [0.15, 0.2) is 70.2 Å². The van der Waals surface area contributed by atoms with Gasteiger partial charge in [-0.15, -0.1) is 0 Å². The van der Waals surface area contributed by atoms with E-state index >= 15 is 0 Å². The van der Waals surface area contributed by atoms with Gasteiger partial charge in [0.05, 0.1) is 17.8 Å². The highest BCUT2D eigenvalue weighted by atomic mass is 79.9. The highest BCUT2D eigenvalue weighted by molar-refractivity contribution is 9.10. The zero-order valence-electron chi connectivity index (χ0n) is 20.4. The number of ether oxygens (including phenoxy) is 2. The summed E-state index contributed by atoms with van der Waals surface area (Å²) in [5.41, 5.74) is 4.39. The molecule has 3 aromatic carbocycles. The number of nitrogens with zero attached hydrogens (tertiary/aromatic N) is 1. The molecule has 1 unspecified atom stereocenters. The van der Waals surface area contributed by atoms with Gasteiger partial charge in [0, 0.05) is 21.2 Å². The van der Waals surface area contributed by atoms with Crippen LogP contribution in [0.25, 0.3) is 0 Å². The molecule has 0 aliphatic heterocycles. The van der Waals surface area contributed by atoms with Gasteiger partial charge in [-0.2, -0.15) is 5.10 Å². The molecule has 0 aliphatic rings. The number of amides is 2. The average molecular weight is 607 g/mol. The Kier molecular flexibility index (Phi) is 10.4. The van der Waals surface area contributed by atoms with Crippen molar-refractivity contribution in [1.82, 2.24) is 10.7 Å². The molecule has 7 nitrogen and oxygen atoms in total. The molecule has 0 aliphatic carbocycles. The lowest BCUT2D eigenvalue weighted by atomic mass is 10.0. The fourth-order valence-corrected chi connectivity index (χ4v) is 4.21. The molecule has 0 saturated heterocycles. The lowest BCUT2D eigenvalue weighted by Crippen LogP contribution is -2.48. The summed E-state index contributed by atoms with van der Waals surface area (Å²) in [6.07, 6.45) is 1.47. The lowest BCUT2D eigenvalue weighted by Gasteiger charge is -2.20. The van der Waals surface area contributed by atoms with E-state index in [1.54, 1.807) is 42.5 Å². The van der Waals surface area contributed by atoms with E-state index in [0.717, 1.165) is 5.56 Å². The van der Waals surface area contributed by atoms with Crippen LogP contribution in [0.5, 0.6) is 11.5 Å². The second-order valence-electron chi connectivity index (χ2n) is 8.35. The van der Waals surface area contributed by atoms with Crippen molar-refractivity contribution in [2.24, 2.45) is 11.0 Å². The quantitative estimate of drug-likeness (QED) is 0.211. The number of rotatable bonds is 10. The fourth-order valence-electron chi connectivity index (χ4n) is 3.32. The number of halogens is 3. The van der Waals surface area contributed by atoms with Crippen molar-refractivity contribution >= 4 is 57.2 Å². The largest absolute Gasteiger partial charge is 0.493 e. The third-order valence-corrected chi connectivity index (χ3v) is 6.52. The first-order chi connectivity index (χ1) is 17.7. The number of nitrogens with one attached hydrogen (secondary N) is 2. The van der Waals surface area contributed by atoms with Gasteiger partial charge in [-0.3, -0.25) is 9.59 Å². The van der Waals surface area contributed by atoms with E-state index in [1.165, 1.54) is 13.3 Å². The molecule has 37 heavy (non-hydrogen) atoms. The second kappa shape index (κ2) is 13.5. The van der Waals surface area contributed by atoms with E-state index in [-0.39, 0.29) is 18.4 Å². The third-order valence-electron chi connectivity index (χ3n) is 5.31. The molecule has 2 N–H and O–H groups in total. The van der Waals surface area contributed by atoms with Crippen molar-refractivity contribution in [3.63, 3.8) is 0 Å². The van der Waals surface area contributed by atoms with E-state index in [0.29, 0.717) is 37.1 Å². The summed E-state index contributed by atoms with van der Waals surface area (Å²) >= 11 is 15.6. The number of benzene rings is 3. The first-order valence-corrected chi connectivity index (χ1v) is 12.9. The minimum atomic E-state index is -0.790. The molecule has 0 spiro atoms. The maximum atomic E-state index is 12.8. The number of hydrogen-bond donors (Lipinski definition) is 2. The maximum absolute atomic E-state index is 12.8. The van der Waals surface area contributed by atoms with Crippen LogP contribution >= 0.6 is 39.1 Å². The van der Waals surface area contributed by atoms with Gasteiger partial charge in [0.1, 0.15) is 12.6 Å². The Morgan fingerprint density at radius 3 is 2.43 bits per heavy atom. The van der Waals surface area contributed by atoms with Crippen LogP contribution in [0.1, 0.15) is 35.3 Å². The molecule has 0 saturated carbocycles. The fraction of sp³-hybridized carbons (Fsp3) is 0.222. The van der Waals surface area contributed by atoms with Gasteiger partial charge in [-0.25, -0.2) is 5.43 Å². The van der Waals surface area contributed by atoms with E-state index in [2.05, 4.69) is 31.8 Å². The molecular formula is C27H26BrCl2N3O4.